The van der Waals surface area contributed by atoms with Gasteiger partial charge in [0.15, 0.2) is 5.78 Å². The summed E-state index contributed by atoms with van der Waals surface area (Å²) in [4.78, 5) is 30.3. The quantitative estimate of drug-likeness (QED) is 0.207. The Balaban J connectivity index is 1.41. The third-order valence-electron chi connectivity index (χ3n) is 7.14. The SMILES string of the molecule is CCC(F)(C(=O)Cc1ccc(-c2cncc(Cl)c2)cn1)c1ccnc(N(Cc2ccc(OC)cc2)S(=O)(=O)C2CC2)n1. The third-order valence-corrected chi connectivity index (χ3v) is 9.57. The van der Waals surface area contributed by atoms with Gasteiger partial charge in [0.05, 0.1) is 36.0 Å². The lowest BCUT2D eigenvalue weighted by molar-refractivity contribution is -0.131. The van der Waals surface area contributed by atoms with E-state index in [0.29, 0.717) is 34.9 Å². The minimum Gasteiger partial charge on any atom is -0.497 e. The number of ketones is 1. The Kier molecular flexibility index (Phi) is 8.51. The highest BCUT2D eigenvalue weighted by atomic mass is 35.5. The molecule has 5 rings (SSSR count). The van der Waals surface area contributed by atoms with Gasteiger partial charge in [-0.3, -0.25) is 14.8 Å². The van der Waals surface area contributed by atoms with Crippen molar-refractivity contribution >= 4 is 33.4 Å². The molecule has 42 heavy (non-hydrogen) atoms. The van der Waals surface area contributed by atoms with Crippen molar-refractivity contribution < 1.29 is 22.3 Å². The first-order valence-electron chi connectivity index (χ1n) is 13.4. The first-order valence-corrected chi connectivity index (χ1v) is 15.3. The zero-order valence-corrected chi connectivity index (χ0v) is 24.6. The summed E-state index contributed by atoms with van der Waals surface area (Å²) in [5, 5.41) is -0.0729. The molecule has 1 fully saturated rings. The van der Waals surface area contributed by atoms with Crippen LogP contribution in [0.25, 0.3) is 11.1 Å². The molecule has 4 aromatic rings. The molecule has 1 unspecified atom stereocenters. The molecular formula is C30H29ClFN5O4S. The lowest BCUT2D eigenvalue weighted by Gasteiger charge is -2.26. The highest BCUT2D eigenvalue weighted by Gasteiger charge is 2.43. The largest absolute Gasteiger partial charge is 0.497 e. The van der Waals surface area contributed by atoms with Crippen molar-refractivity contribution in [3.8, 4) is 16.9 Å². The molecule has 218 valence electrons. The van der Waals surface area contributed by atoms with E-state index in [-0.39, 0.29) is 31.0 Å². The number of sulfonamides is 1. The number of carbonyl (C=O) groups is 1. The fraction of sp³-hybridized carbons (Fsp3) is 0.300. The zero-order valence-electron chi connectivity index (χ0n) is 23.1. The molecule has 3 aromatic heterocycles. The number of pyridine rings is 2. The summed E-state index contributed by atoms with van der Waals surface area (Å²) in [5.74, 6) is -0.301. The van der Waals surface area contributed by atoms with E-state index in [0.717, 1.165) is 15.4 Å². The Hall–Kier alpha value is -3.96. The Morgan fingerprint density at radius 3 is 2.45 bits per heavy atom. The van der Waals surface area contributed by atoms with E-state index in [1.807, 2.05) is 0 Å². The molecule has 1 aliphatic carbocycles. The summed E-state index contributed by atoms with van der Waals surface area (Å²) < 4.78 is 49.6. The Labute approximate surface area is 248 Å². The maximum absolute atomic E-state index is 16.5. The monoisotopic (exact) mass is 609 g/mol. The summed E-state index contributed by atoms with van der Waals surface area (Å²) in [6.45, 7) is 1.49. The van der Waals surface area contributed by atoms with E-state index in [1.54, 1.807) is 68.9 Å². The van der Waals surface area contributed by atoms with Gasteiger partial charge < -0.3 is 4.74 Å². The van der Waals surface area contributed by atoms with Crippen LogP contribution >= 0.6 is 11.6 Å². The van der Waals surface area contributed by atoms with E-state index in [4.69, 9.17) is 16.3 Å². The highest BCUT2D eigenvalue weighted by Crippen LogP contribution is 2.36. The van der Waals surface area contributed by atoms with Crippen molar-refractivity contribution in [1.29, 1.82) is 0 Å². The maximum atomic E-state index is 16.5. The van der Waals surface area contributed by atoms with Gasteiger partial charge >= 0.3 is 0 Å². The summed E-state index contributed by atoms with van der Waals surface area (Å²) in [7, 11) is -2.27. The van der Waals surface area contributed by atoms with Crippen LogP contribution < -0.4 is 9.04 Å². The number of methoxy groups -OCH3 is 1. The average molecular weight is 610 g/mol. The predicted molar refractivity (Wildman–Crippen MR) is 157 cm³/mol. The Morgan fingerprint density at radius 2 is 1.83 bits per heavy atom. The highest BCUT2D eigenvalue weighted by molar-refractivity contribution is 7.93. The molecule has 12 heteroatoms. The van der Waals surface area contributed by atoms with E-state index in [1.165, 1.54) is 18.5 Å². The molecule has 0 aliphatic heterocycles. The topological polar surface area (TPSA) is 115 Å². The summed E-state index contributed by atoms with van der Waals surface area (Å²) in [6, 6.07) is 13.4. The Bertz CT molecular complexity index is 1680. The number of nitrogens with zero attached hydrogens (tertiary/aromatic N) is 5. The second kappa shape index (κ2) is 12.1. The van der Waals surface area contributed by atoms with Gasteiger partial charge in [0, 0.05) is 41.6 Å². The number of hydrogen-bond donors (Lipinski definition) is 0. The molecule has 1 aromatic carbocycles. The van der Waals surface area contributed by atoms with Crippen LogP contribution in [0.5, 0.6) is 5.75 Å². The maximum Gasteiger partial charge on any atom is 0.240 e. The number of Topliss-reactive ketones (excluding diaryl/α,β-unsaturated/α-hetero) is 1. The molecule has 0 bridgehead atoms. The number of benzene rings is 1. The smallest absolute Gasteiger partial charge is 0.240 e. The van der Waals surface area contributed by atoms with Gasteiger partial charge in [-0.25, -0.2) is 27.1 Å². The van der Waals surface area contributed by atoms with Crippen LogP contribution in [0.2, 0.25) is 5.02 Å². The van der Waals surface area contributed by atoms with Gasteiger partial charge in [-0.2, -0.15) is 0 Å². The van der Waals surface area contributed by atoms with Crippen LogP contribution in [0.15, 0.2) is 73.3 Å². The van der Waals surface area contributed by atoms with Crippen LogP contribution in [0, 0.1) is 0 Å². The van der Waals surface area contributed by atoms with Crippen molar-refractivity contribution in [2.75, 3.05) is 11.4 Å². The molecule has 0 saturated heterocycles. The fourth-order valence-electron chi connectivity index (χ4n) is 4.50. The van der Waals surface area contributed by atoms with Gasteiger partial charge in [-0.15, -0.1) is 0 Å². The van der Waals surface area contributed by atoms with E-state index in [9.17, 15) is 13.2 Å². The third kappa shape index (κ3) is 6.27. The van der Waals surface area contributed by atoms with Gasteiger partial charge in [0.25, 0.3) is 0 Å². The lowest BCUT2D eigenvalue weighted by atomic mass is 9.90. The minimum absolute atomic E-state index is 0.0515. The lowest BCUT2D eigenvalue weighted by Crippen LogP contribution is -2.37. The first-order chi connectivity index (χ1) is 20.1. The number of alkyl halides is 1. The standard InChI is InChI=1S/C30H29ClFN5O4S/c1-3-30(32,28(38)15-24-7-6-21(17-35-24)22-14-23(31)18-33-16-22)27-12-13-34-29(36-27)37(42(39,40)26-10-11-26)19-20-4-8-25(41-2)9-5-20/h4-9,12-14,16-18,26H,3,10-11,15,19H2,1-2H3. The Morgan fingerprint density at radius 1 is 1.07 bits per heavy atom. The fourth-order valence-corrected chi connectivity index (χ4v) is 6.41. The van der Waals surface area contributed by atoms with Crippen LogP contribution in [0.1, 0.15) is 43.1 Å². The summed E-state index contributed by atoms with van der Waals surface area (Å²) >= 11 is 6.02. The van der Waals surface area contributed by atoms with Crippen LogP contribution in [0.4, 0.5) is 10.3 Å². The molecule has 9 nitrogen and oxygen atoms in total. The molecule has 0 spiro atoms. The number of carbonyl (C=O) groups excluding carboxylic acids is 1. The van der Waals surface area contributed by atoms with Crippen molar-refractivity contribution in [2.24, 2.45) is 0 Å². The number of halogens is 2. The van der Waals surface area contributed by atoms with Crippen molar-refractivity contribution in [2.45, 2.75) is 50.1 Å². The number of hydrogen-bond acceptors (Lipinski definition) is 8. The van der Waals surface area contributed by atoms with Crippen LogP contribution in [0.3, 0.4) is 0 Å². The molecule has 0 N–H and O–H groups in total. The number of aromatic nitrogens is 4. The van der Waals surface area contributed by atoms with E-state index >= 15 is 4.39 Å². The summed E-state index contributed by atoms with van der Waals surface area (Å²) in [6.07, 6.45) is 6.59. The number of rotatable bonds is 12. The van der Waals surface area contributed by atoms with Crippen LogP contribution in [-0.2, 0) is 33.5 Å². The van der Waals surface area contributed by atoms with E-state index in [2.05, 4.69) is 19.9 Å². The first kappa shape index (κ1) is 29.5. The molecule has 1 saturated carbocycles. The molecule has 1 atom stereocenters. The van der Waals surface area contributed by atoms with Crippen LogP contribution in [-0.4, -0.2) is 46.5 Å². The van der Waals surface area contributed by atoms with Gasteiger partial charge in [-0.05, 0) is 55.2 Å². The molecular weight excluding hydrogens is 581 g/mol. The number of ether oxygens (including phenoxy) is 1. The average Bonchev–Trinajstić information content (AvgIpc) is 3.87. The number of anilines is 1. The predicted octanol–water partition coefficient (Wildman–Crippen LogP) is 5.48. The normalized spacial score (nSPS) is 14.7. The second-order valence-corrected chi connectivity index (χ2v) is 12.6. The molecule has 3 heterocycles. The van der Waals surface area contributed by atoms with Gasteiger partial charge in [-0.1, -0.05) is 36.7 Å². The molecule has 0 amide bonds. The van der Waals surface area contributed by atoms with E-state index < -0.39 is 26.7 Å². The zero-order chi connectivity index (χ0) is 29.9. The molecule has 1 aliphatic rings. The summed E-state index contributed by atoms with van der Waals surface area (Å²) in [5.41, 5.74) is -0.125. The second-order valence-electron chi connectivity index (χ2n) is 10.0. The van der Waals surface area contributed by atoms with Crippen molar-refractivity contribution in [1.82, 2.24) is 19.9 Å². The van der Waals surface area contributed by atoms with Gasteiger partial charge in [0.1, 0.15) is 5.75 Å². The minimum atomic E-state index is -3.82. The van der Waals surface area contributed by atoms with Gasteiger partial charge in [0.2, 0.25) is 21.6 Å². The van der Waals surface area contributed by atoms with Crippen molar-refractivity contribution in [3.05, 3.63) is 95.3 Å². The van der Waals surface area contributed by atoms with Crippen molar-refractivity contribution in [3.63, 3.8) is 0 Å². The molecule has 0 radical (unpaired) electrons.